The number of ether oxygens (including phenoxy) is 1. The molecule has 7 nitrogen and oxygen atoms in total. The number of methoxy groups -OCH3 is 1. The van der Waals surface area contributed by atoms with E-state index in [4.69, 9.17) is 10.5 Å². The van der Waals surface area contributed by atoms with Gasteiger partial charge < -0.3 is 10.5 Å². The Bertz CT molecular complexity index is 898. The maximum atomic E-state index is 12.3. The SMILES string of the molecule is COC(=O)c1c(Cc2ccccc2)c(-c2cc(C)nc(N)n2)nn1C. The molecule has 1 aromatic carbocycles. The van der Waals surface area contributed by atoms with Crippen molar-refractivity contribution in [3.05, 3.63) is 58.9 Å². The molecule has 0 aliphatic carbocycles. The summed E-state index contributed by atoms with van der Waals surface area (Å²) in [4.78, 5) is 20.7. The van der Waals surface area contributed by atoms with Crippen LogP contribution in [-0.2, 0) is 18.2 Å². The normalized spacial score (nSPS) is 10.7. The van der Waals surface area contributed by atoms with Crippen molar-refractivity contribution in [3.8, 4) is 11.4 Å². The highest BCUT2D eigenvalue weighted by atomic mass is 16.5. The third-order valence-corrected chi connectivity index (χ3v) is 3.86. The molecule has 0 aliphatic heterocycles. The lowest BCUT2D eigenvalue weighted by Crippen LogP contribution is -2.11. The first kappa shape index (κ1) is 16.6. The number of nitrogens with zero attached hydrogens (tertiary/aromatic N) is 4. The van der Waals surface area contributed by atoms with Crippen molar-refractivity contribution in [1.82, 2.24) is 19.7 Å². The summed E-state index contributed by atoms with van der Waals surface area (Å²) in [6.45, 7) is 1.84. The first-order valence-electron chi connectivity index (χ1n) is 7.79. The zero-order chi connectivity index (χ0) is 18.0. The summed E-state index contributed by atoms with van der Waals surface area (Å²) < 4.78 is 6.46. The van der Waals surface area contributed by atoms with Gasteiger partial charge >= 0.3 is 5.97 Å². The summed E-state index contributed by atoms with van der Waals surface area (Å²) in [5.74, 6) is -0.267. The predicted octanol–water partition coefficient (Wildman–Crippen LogP) is 2.15. The highest BCUT2D eigenvalue weighted by Crippen LogP contribution is 2.27. The molecule has 2 N–H and O–H groups in total. The van der Waals surface area contributed by atoms with Gasteiger partial charge in [0.1, 0.15) is 11.4 Å². The van der Waals surface area contributed by atoms with Crippen molar-refractivity contribution >= 4 is 11.9 Å². The summed E-state index contributed by atoms with van der Waals surface area (Å²) in [6, 6.07) is 11.7. The van der Waals surface area contributed by atoms with Crippen LogP contribution in [-0.4, -0.2) is 32.8 Å². The summed E-state index contributed by atoms with van der Waals surface area (Å²) in [5, 5.41) is 4.50. The lowest BCUT2D eigenvalue weighted by atomic mass is 10.0. The van der Waals surface area contributed by atoms with Crippen LogP contribution in [0.5, 0.6) is 0 Å². The van der Waals surface area contributed by atoms with E-state index in [0.717, 1.165) is 16.8 Å². The van der Waals surface area contributed by atoms with Crippen LogP contribution in [0, 0.1) is 6.92 Å². The standard InChI is InChI=1S/C18H19N5O2/c1-11-9-14(21-18(19)20-11)15-13(10-12-7-5-4-6-8-12)16(17(24)25-3)23(2)22-15/h4-9H,10H2,1-3H3,(H2,19,20,21). The maximum absolute atomic E-state index is 12.3. The van der Waals surface area contributed by atoms with E-state index in [-0.39, 0.29) is 5.95 Å². The molecule has 7 heteroatoms. The number of benzene rings is 1. The van der Waals surface area contributed by atoms with Crippen LogP contribution < -0.4 is 5.73 Å². The number of hydrogen-bond donors (Lipinski definition) is 1. The summed E-state index contributed by atoms with van der Waals surface area (Å²) in [7, 11) is 3.07. The van der Waals surface area contributed by atoms with Gasteiger partial charge in [0.15, 0.2) is 0 Å². The Labute approximate surface area is 145 Å². The molecule has 3 aromatic rings. The topological polar surface area (TPSA) is 95.9 Å². The molecular weight excluding hydrogens is 318 g/mol. The van der Waals surface area contributed by atoms with E-state index < -0.39 is 5.97 Å². The number of carbonyl (C=O) groups is 1. The lowest BCUT2D eigenvalue weighted by molar-refractivity contribution is 0.0587. The van der Waals surface area contributed by atoms with Gasteiger partial charge in [0, 0.05) is 24.7 Å². The smallest absolute Gasteiger partial charge is 0.356 e. The number of esters is 1. The van der Waals surface area contributed by atoms with Gasteiger partial charge in [0.2, 0.25) is 5.95 Å². The Hall–Kier alpha value is -3.22. The van der Waals surface area contributed by atoms with Gasteiger partial charge in [0.05, 0.1) is 12.8 Å². The lowest BCUT2D eigenvalue weighted by Gasteiger charge is -2.07. The monoisotopic (exact) mass is 337 g/mol. The third-order valence-electron chi connectivity index (χ3n) is 3.86. The second-order valence-corrected chi connectivity index (χ2v) is 5.71. The Morgan fingerprint density at radius 3 is 2.60 bits per heavy atom. The van der Waals surface area contributed by atoms with Crippen molar-refractivity contribution in [2.24, 2.45) is 7.05 Å². The van der Waals surface area contributed by atoms with E-state index >= 15 is 0 Å². The average molecular weight is 337 g/mol. The highest BCUT2D eigenvalue weighted by molar-refractivity contribution is 5.91. The van der Waals surface area contributed by atoms with E-state index in [1.165, 1.54) is 11.8 Å². The van der Waals surface area contributed by atoms with E-state index in [1.807, 2.05) is 37.3 Å². The van der Waals surface area contributed by atoms with Crippen LogP contribution in [0.4, 0.5) is 5.95 Å². The summed E-state index contributed by atoms with van der Waals surface area (Å²) in [5.41, 5.74) is 9.91. The van der Waals surface area contributed by atoms with E-state index in [9.17, 15) is 4.79 Å². The number of aromatic nitrogens is 4. The Kier molecular flexibility index (Phi) is 4.47. The van der Waals surface area contributed by atoms with E-state index in [2.05, 4.69) is 15.1 Å². The number of hydrogen-bond acceptors (Lipinski definition) is 6. The first-order valence-corrected chi connectivity index (χ1v) is 7.79. The average Bonchev–Trinajstić information content (AvgIpc) is 2.90. The highest BCUT2D eigenvalue weighted by Gasteiger charge is 2.24. The van der Waals surface area contributed by atoms with Gasteiger partial charge in [-0.1, -0.05) is 30.3 Å². The fraction of sp³-hybridized carbons (Fsp3) is 0.222. The minimum Gasteiger partial charge on any atom is -0.464 e. The number of aryl methyl sites for hydroxylation is 2. The quantitative estimate of drug-likeness (QED) is 0.733. The van der Waals surface area contributed by atoms with Crippen LogP contribution >= 0.6 is 0 Å². The van der Waals surface area contributed by atoms with Gasteiger partial charge in [-0.15, -0.1) is 0 Å². The Balaban J connectivity index is 2.19. The van der Waals surface area contributed by atoms with Crippen LogP contribution in [0.15, 0.2) is 36.4 Å². The molecule has 0 spiro atoms. The maximum Gasteiger partial charge on any atom is 0.356 e. The van der Waals surface area contributed by atoms with Crippen LogP contribution in [0.3, 0.4) is 0 Å². The molecule has 25 heavy (non-hydrogen) atoms. The van der Waals surface area contributed by atoms with Crippen molar-refractivity contribution in [3.63, 3.8) is 0 Å². The molecule has 0 amide bonds. The molecule has 0 saturated carbocycles. The van der Waals surface area contributed by atoms with Crippen molar-refractivity contribution < 1.29 is 9.53 Å². The molecule has 0 atom stereocenters. The van der Waals surface area contributed by atoms with Gasteiger partial charge in [-0.2, -0.15) is 5.10 Å². The molecule has 0 unspecified atom stereocenters. The molecule has 2 heterocycles. The molecule has 0 bridgehead atoms. The third kappa shape index (κ3) is 3.35. The number of nitrogens with two attached hydrogens (primary N) is 1. The van der Waals surface area contributed by atoms with Crippen molar-refractivity contribution in [2.75, 3.05) is 12.8 Å². The van der Waals surface area contributed by atoms with Gasteiger partial charge in [-0.05, 0) is 18.6 Å². The number of carbonyl (C=O) groups excluding carboxylic acids is 1. The number of nitrogen functional groups attached to an aromatic ring is 1. The zero-order valence-electron chi connectivity index (χ0n) is 14.4. The van der Waals surface area contributed by atoms with Crippen LogP contribution in [0.2, 0.25) is 0 Å². The molecule has 128 valence electrons. The minimum atomic E-state index is -0.439. The van der Waals surface area contributed by atoms with Crippen LogP contribution in [0.25, 0.3) is 11.4 Å². The van der Waals surface area contributed by atoms with E-state index in [0.29, 0.717) is 23.5 Å². The second kappa shape index (κ2) is 6.72. The summed E-state index contributed by atoms with van der Waals surface area (Å²) >= 11 is 0. The van der Waals surface area contributed by atoms with Gasteiger partial charge in [0.25, 0.3) is 0 Å². The Morgan fingerprint density at radius 1 is 1.24 bits per heavy atom. The van der Waals surface area contributed by atoms with E-state index in [1.54, 1.807) is 13.1 Å². The molecule has 0 aliphatic rings. The predicted molar refractivity (Wildman–Crippen MR) is 94.0 cm³/mol. The first-order chi connectivity index (χ1) is 12.0. The fourth-order valence-corrected chi connectivity index (χ4v) is 2.81. The van der Waals surface area contributed by atoms with Crippen LogP contribution in [0.1, 0.15) is 27.3 Å². The molecule has 3 rings (SSSR count). The molecule has 2 aromatic heterocycles. The molecule has 0 fully saturated rings. The molecular formula is C18H19N5O2. The van der Waals surface area contributed by atoms with Gasteiger partial charge in [-0.25, -0.2) is 14.8 Å². The van der Waals surface area contributed by atoms with Crippen molar-refractivity contribution in [2.45, 2.75) is 13.3 Å². The second-order valence-electron chi connectivity index (χ2n) is 5.71. The largest absolute Gasteiger partial charge is 0.464 e. The Morgan fingerprint density at radius 2 is 1.96 bits per heavy atom. The number of anilines is 1. The molecule has 0 saturated heterocycles. The minimum absolute atomic E-state index is 0.172. The van der Waals surface area contributed by atoms with Gasteiger partial charge in [-0.3, -0.25) is 4.68 Å². The summed E-state index contributed by atoms with van der Waals surface area (Å²) in [6.07, 6.45) is 0.525. The zero-order valence-corrected chi connectivity index (χ0v) is 14.4. The van der Waals surface area contributed by atoms with Crippen molar-refractivity contribution in [1.29, 1.82) is 0 Å². The molecule has 0 radical (unpaired) electrons. The number of rotatable bonds is 4. The fourth-order valence-electron chi connectivity index (χ4n) is 2.81.